The first kappa shape index (κ1) is 15.2. The van der Waals surface area contributed by atoms with Crippen LogP contribution in [0.1, 0.15) is 12.5 Å². The van der Waals surface area contributed by atoms with Crippen molar-refractivity contribution in [1.82, 2.24) is 0 Å². The smallest absolute Gasteiger partial charge is 0.262 e. The molecule has 0 unspecified atom stereocenters. The van der Waals surface area contributed by atoms with Gasteiger partial charge in [-0.3, -0.25) is 4.79 Å². The quantitative estimate of drug-likeness (QED) is 0.831. The highest BCUT2D eigenvalue weighted by Crippen LogP contribution is 2.24. The third-order valence-corrected chi connectivity index (χ3v) is 3.30. The van der Waals surface area contributed by atoms with Gasteiger partial charge in [0.2, 0.25) is 0 Å². The molecule has 0 aliphatic rings. The number of benzene rings is 2. The predicted octanol–water partition coefficient (Wildman–Crippen LogP) is 3.50. The number of aryl methyl sites for hydroxylation is 1. The van der Waals surface area contributed by atoms with Crippen LogP contribution in [-0.4, -0.2) is 12.5 Å². The molecule has 21 heavy (non-hydrogen) atoms. The van der Waals surface area contributed by atoms with E-state index in [2.05, 4.69) is 12.2 Å². The van der Waals surface area contributed by atoms with E-state index in [0.29, 0.717) is 22.1 Å². The fourth-order valence-electron chi connectivity index (χ4n) is 1.80. The largest absolute Gasteiger partial charge is 0.484 e. The number of carbonyl (C=O) groups excluding carboxylic acids is 1. The van der Waals surface area contributed by atoms with Gasteiger partial charge in [-0.05, 0) is 42.3 Å². The molecule has 0 aliphatic carbocycles. The van der Waals surface area contributed by atoms with Gasteiger partial charge in [0, 0.05) is 5.69 Å². The zero-order valence-corrected chi connectivity index (χ0v) is 12.5. The van der Waals surface area contributed by atoms with Crippen LogP contribution in [0.2, 0.25) is 5.02 Å². The summed E-state index contributed by atoms with van der Waals surface area (Å²) in [6, 6.07) is 12.6. The Bertz CT molecular complexity index is 627. The van der Waals surface area contributed by atoms with Crippen molar-refractivity contribution < 1.29 is 9.53 Å². The van der Waals surface area contributed by atoms with E-state index in [-0.39, 0.29) is 12.5 Å². The summed E-state index contributed by atoms with van der Waals surface area (Å²) in [5.41, 5.74) is 7.89. The molecule has 0 radical (unpaired) electrons. The minimum Gasteiger partial charge on any atom is -0.484 e. The van der Waals surface area contributed by atoms with E-state index < -0.39 is 0 Å². The highest BCUT2D eigenvalue weighted by atomic mass is 35.5. The van der Waals surface area contributed by atoms with E-state index in [1.165, 1.54) is 5.56 Å². The van der Waals surface area contributed by atoms with E-state index in [4.69, 9.17) is 22.1 Å². The molecule has 4 nitrogen and oxygen atoms in total. The maximum atomic E-state index is 11.8. The Morgan fingerprint density at radius 2 is 1.95 bits per heavy atom. The molecule has 0 bridgehead atoms. The van der Waals surface area contributed by atoms with E-state index in [9.17, 15) is 4.79 Å². The molecule has 2 aromatic rings. The Balaban J connectivity index is 1.91. The fourth-order valence-corrected chi connectivity index (χ4v) is 1.96. The van der Waals surface area contributed by atoms with Gasteiger partial charge in [-0.2, -0.15) is 0 Å². The summed E-state index contributed by atoms with van der Waals surface area (Å²) in [4.78, 5) is 11.8. The fraction of sp³-hybridized carbons (Fsp3) is 0.188. The summed E-state index contributed by atoms with van der Waals surface area (Å²) in [6.07, 6.45) is 0.967. The van der Waals surface area contributed by atoms with Gasteiger partial charge in [-0.25, -0.2) is 0 Å². The molecule has 5 heteroatoms. The Morgan fingerprint density at radius 3 is 2.62 bits per heavy atom. The molecule has 3 N–H and O–H groups in total. The normalized spacial score (nSPS) is 10.2. The molecule has 0 aliphatic heterocycles. The molecule has 110 valence electrons. The molecular weight excluding hydrogens is 288 g/mol. The Kier molecular flexibility index (Phi) is 5.06. The lowest BCUT2D eigenvalue weighted by atomic mass is 10.2. The second-order valence-electron chi connectivity index (χ2n) is 4.57. The van der Waals surface area contributed by atoms with Crippen molar-refractivity contribution >= 4 is 28.9 Å². The van der Waals surface area contributed by atoms with Crippen molar-refractivity contribution in [1.29, 1.82) is 0 Å². The summed E-state index contributed by atoms with van der Waals surface area (Å²) in [7, 11) is 0. The van der Waals surface area contributed by atoms with Crippen LogP contribution in [-0.2, 0) is 11.2 Å². The molecule has 0 saturated heterocycles. The number of rotatable bonds is 5. The number of halogens is 1. The minimum atomic E-state index is -0.290. The van der Waals surface area contributed by atoms with Gasteiger partial charge in [0.05, 0.1) is 10.7 Å². The van der Waals surface area contributed by atoms with Crippen molar-refractivity contribution in [3.63, 3.8) is 0 Å². The van der Waals surface area contributed by atoms with Crippen molar-refractivity contribution in [2.24, 2.45) is 0 Å². The highest BCUT2D eigenvalue weighted by molar-refractivity contribution is 6.33. The monoisotopic (exact) mass is 304 g/mol. The average molecular weight is 305 g/mol. The van der Waals surface area contributed by atoms with Crippen molar-refractivity contribution in [3.8, 4) is 5.75 Å². The van der Waals surface area contributed by atoms with Crippen LogP contribution in [0.15, 0.2) is 42.5 Å². The maximum Gasteiger partial charge on any atom is 0.262 e. The Hall–Kier alpha value is -2.20. The number of hydrogen-bond donors (Lipinski definition) is 2. The topological polar surface area (TPSA) is 64.3 Å². The molecule has 2 rings (SSSR count). The number of amides is 1. The summed E-state index contributed by atoms with van der Waals surface area (Å²) >= 11 is 5.98. The summed E-state index contributed by atoms with van der Waals surface area (Å²) in [6.45, 7) is 2.00. The SMILES string of the molecule is CCc1ccc(OCC(=O)Nc2cc(N)ccc2Cl)cc1. The number of anilines is 2. The highest BCUT2D eigenvalue weighted by Gasteiger charge is 2.07. The number of nitrogens with two attached hydrogens (primary N) is 1. The van der Waals surface area contributed by atoms with Crippen LogP contribution in [0.5, 0.6) is 5.75 Å². The van der Waals surface area contributed by atoms with Gasteiger partial charge < -0.3 is 15.8 Å². The number of nitrogen functional groups attached to an aromatic ring is 1. The van der Waals surface area contributed by atoms with Crippen LogP contribution < -0.4 is 15.8 Å². The number of hydrogen-bond acceptors (Lipinski definition) is 3. The van der Waals surface area contributed by atoms with E-state index in [1.807, 2.05) is 24.3 Å². The lowest BCUT2D eigenvalue weighted by Crippen LogP contribution is -2.20. The standard InChI is InChI=1S/C16H17ClN2O2/c1-2-11-3-6-13(7-4-11)21-10-16(20)19-15-9-12(18)5-8-14(15)17/h3-9H,2,10,18H2,1H3,(H,19,20). The van der Waals surface area contributed by atoms with Gasteiger partial charge in [-0.1, -0.05) is 30.7 Å². The van der Waals surface area contributed by atoms with Gasteiger partial charge in [0.15, 0.2) is 6.61 Å². The van der Waals surface area contributed by atoms with Crippen LogP contribution >= 0.6 is 11.6 Å². The van der Waals surface area contributed by atoms with Crippen molar-refractivity contribution in [2.75, 3.05) is 17.7 Å². The van der Waals surface area contributed by atoms with Gasteiger partial charge in [-0.15, -0.1) is 0 Å². The van der Waals surface area contributed by atoms with E-state index in [1.54, 1.807) is 18.2 Å². The Labute approximate surface area is 128 Å². The third kappa shape index (κ3) is 4.39. The Morgan fingerprint density at radius 1 is 1.24 bits per heavy atom. The molecule has 0 aromatic heterocycles. The van der Waals surface area contributed by atoms with Gasteiger partial charge in [0.25, 0.3) is 5.91 Å². The molecule has 0 saturated carbocycles. The van der Waals surface area contributed by atoms with Crippen LogP contribution in [0, 0.1) is 0 Å². The zero-order chi connectivity index (χ0) is 15.2. The number of carbonyl (C=O) groups is 1. The first-order chi connectivity index (χ1) is 10.1. The molecule has 0 heterocycles. The van der Waals surface area contributed by atoms with Gasteiger partial charge in [0.1, 0.15) is 5.75 Å². The third-order valence-electron chi connectivity index (χ3n) is 2.97. The molecule has 0 fully saturated rings. The average Bonchev–Trinajstić information content (AvgIpc) is 2.49. The second kappa shape index (κ2) is 6.99. The first-order valence-corrected chi connectivity index (χ1v) is 7.03. The van der Waals surface area contributed by atoms with Crippen LogP contribution in [0.25, 0.3) is 0 Å². The van der Waals surface area contributed by atoms with Crippen LogP contribution in [0.4, 0.5) is 11.4 Å². The van der Waals surface area contributed by atoms with Crippen molar-refractivity contribution in [2.45, 2.75) is 13.3 Å². The number of nitrogens with one attached hydrogen (secondary N) is 1. The lowest BCUT2D eigenvalue weighted by molar-refractivity contribution is -0.118. The van der Waals surface area contributed by atoms with E-state index >= 15 is 0 Å². The molecular formula is C16H17ClN2O2. The minimum absolute atomic E-state index is 0.0867. The van der Waals surface area contributed by atoms with Crippen molar-refractivity contribution in [3.05, 3.63) is 53.1 Å². The van der Waals surface area contributed by atoms with E-state index in [0.717, 1.165) is 6.42 Å². The molecule has 1 amide bonds. The zero-order valence-electron chi connectivity index (χ0n) is 11.7. The molecule has 2 aromatic carbocycles. The number of ether oxygens (including phenoxy) is 1. The first-order valence-electron chi connectivity index (χ1n) is 6.65. The molecule has 0 atom stereocenters. The summed E-state index contributed by atoms with van der Waals surface area (Å²) in [5, 5.41) is 3.10. The predicted molar refractivity (Wildman–Crippen MR) is 85.8 cm³/mol. The maximum absolute atomic E-state index is 11.8. The van der Waals surface area contributed by atoms with Crippen LogP contribution in [0.3, 0.4) is 0 Å². The van der Waals surface area contributed by atoms with Gasteiger partial charge >= 0.3 is 0 Å². The summed E-state index contributed by atoms with van der Waals surface area (Å²) < 4.78 is 5.42. The summed E-state index contributed by atoms with van der Waals surface area (Å²) in [5.74, 6) is 0.364. The second-order valence-corrected chi connectivity index (χ2v) is 4.98. The molecule has 0 spiro atoms. The lowest BCUT2D eigenvalue weighted by Gasteiger charge is -2.09.